The van der Waals surface area contributed by atoms with E-state index in [1.165, 1.54) is 0 Å². The molecular formula is C4H4N2O2. The van der Waals surface area contributed by atoms with Crippen LogP contribution in [-0.4, -0.2) is 9.97 Å². The van der Waals surface area contributed by atoms with Crippen LogP contribution in [0, 0.1) is 0 Å². The Morgan fingerprint density at radius 1 is 1.62 bits per heavy atom. The lowest BCUT2D eigenvalue weighted by molar-refractivity contribution is 1.04. The second-order valence-corrected chi connectivity index (χ2v) is 1.16. The van der Waals surface area contributed by atoms with Crippen molar-refractivity contribution in [3.63, 3.8) is 0 Å². The lowest BCUT2D eigenvalue weighted by Gasteiger charge is -1.75. The van der Waals surface area contributed by atoms with E-state index in [1.54, 1.807) is 4.98 Å². The van der Waals surface area contributed by atoms with Crippen molar-refractivity contribution >= 4 is 0 Å². The first kappa shape index (κ1) is 2.86. The van der Waals surface area contributed by atoms with Gasteiger partial charge in [-0.05, 0) is 0 Å². The third-order valence-electron chi connectivity index (χ3n) is 0.579. The van der Waals surface area contributed by atoms with Gasteiger partial charge < -0.3 is 4.98 Å². The SMILES string of the molecule is [3H]c1[nH]c(=O)[nH]c(=O)c1[3H]. The zero-order valence-corrected chi connectivity index (χ0v) is 3.82. The number of H-pyrrole nitrogens is 2. The van der Waals surface area contributed by atoms with Gasteiger partial charge in [-0.25, -0.2) is 4.79 Å². The number of nitrogens with one attached hydrogen (secondary N) is 2. The summed E-state index contributed by atoms with van der Waals surface area (Å²) in [4.78, 5) is 24.6. The fourth-order valence-corrected chi connectivity index (χ4v) is 0.310. The second-order valence-electron chi connectivity index (χ2n) is 1.16. The number of aromatic nitrogens is 2. The van der Waals surface area contributed by atoms with Gasteiger partial charge in [0.15, 0.2) is 0 Å². The van der Waals surface area contributed by atoms with E-state index in [9.17, 15) is 9.59 Å². The van der Waals surface area contributed by atoms with Crippen molar-refractivity contribution in [3.05, 3.63) is 33.1 Å². The molecule has 0 amide bonds. The fraction of sp³-hybridized carbons (Fsp3) is 0. The van der Waals surface area contributed by atoms with Crippen molar-refractivity contribution in [1.29, 1.82) is 0 Å². The maximum atomic E-state index is 10.5. The van der Waals surface area contributed by atoms with Crippen molar-refractivity contribution in [2.75, 3.05) is 0 Å². The first-order valence-corrected chi connectivity index (χ1v) is 1.91. The Bertz CT molecular complexity index is 353. The third kappa shape index (κ3) is 0.841. The van der Waals surface area contributed by atoms with Crippen LogP contribution in [0.25, 0.3) is 0 Å². The highest BCUT2D eigenvalue weighted by Gasteiger charge is 1.77. The normalized spacial score (nSPS) is 12.5. The van der Waals surface area contributed by atoms with Gasteiger partial charge in [0.1, 0.15) is 0 Å². The molecular weight excluding hydrogens is 108 g/mol. The zero-order valence-electron chi connectivity index (χ0n) is 5.82. The van der Waals surface area contributed by atoms with E-state index in [-0.39, 0.29) is 0 Å². The number of hydrogen-bond acceptors (Lipinski definition) is 2. The van der Waals surface area contributed by atoms with E-state index in [2.05, 4.69) is 0 Å². The Morgan fingerprint density at radius 3 is 3.00 bits per heavy atom. The number of aromatic amines is 2. The fourth-order valence-electron chi connectivity index (χ4n) is 0.310. The first-order valence-electron chi connectivity index (χ1n) is 2.91. The van der Waals surface area contributed by atoms with E-state index in [0.717, 1.165) is 0 Å². The Hall–Kier alpha value is -1.32. The van der Waals surface area contributed by atoms with Crippen molar-refractivity contribution in [1.82, 2.24) is 9.97 Å². The first-order chi connectivity index (χ1) is 4.61. The highest BCUT2D eigenvalue weighted by Crippen LogP contribution is 1.51. The molecule has 0 atom stereocenters. The summed E-state index contributed by atoms with van der Waals surface area (Å²) in [5.41, 5.74) is -1.60. The molecule has 1 rings (SSSR count). The van der Waals surface area contributed by atoms with Gasteiger partial charge >= 0.3 is 5.69 Å². The van der Waals surface area contributed by atoms with Crippen molar-refractivity contribution in [2.24, 2.45) is 0 Å². The topological polar surface area (TPSA) is 65.7 Å². The van der Waals surface area contributed by atoms with Gasteiger partial charge in [0.2, 0.25) is 0 Å². The second kappa shape index (κ2) is 1.65. The maximum Gasteiger partial charge on any atom is 0.325 e. The average molecular weight is 116 g/mol. The highest BCUT2D eigenvalue weighted by atomic mass is 16.2. The van der Waals surface area contributed by atoms with Gasteiger partial charge in [-0.3, -0.25) is 9.78 Å². The van der Waals surface area contributed by atoms with Crippen LogP contribution in [0.3, 0.4) is 0 Å². The Labute approximate surface area is 47.0 Å². The van der Waals surface area contributed by atoms with Gasteiger partial charge in [-0.15, -0.1) is 0 Å². The van der Waals surface area contributed by atoms with Crippen LogP contribution in [0.15, 0.2) is 21.8 Å². The van der Waals surface area contributed by atoms with Crippen LogP contribution in [0.4, 0.5) is 0 Å². The lowest BCUT2D eigenvalue weighted by Crippen LogP contribution is -2.19. The average Bonchev–Trinajstić information content (AvgIpc) is 1.82. The number of rotatable bonds is 0. The molecule has 8 heavy (non-hydrogen) atoms. The summed E-state index contributed by atoms with van der Waals surface area (Å²) in [6.07, 6.45) is -0.464. The molecule has 42 valence electrons. The van der Waals surface area contributed by atoms with Crippen LogP contribution >= 0.6 is 0 Å². The summed E-state index contributed by atoms with van der Waals surface area (Å²) >= 11 is 0. The molecule has 1 heterocycles. The zero-order chi connectivity index (χ0) is 7.72. The standard InChI is InChI=1S/C4H4N2O2/c7-3-1-2-5-4(8)6-3/h1-2H,(H2,5,6,7,8)/i1T,2T. The Balaban J connectivity index is 3.62. The molecule has 1 aromatic rings. The molecule has 4 heteroatoms. The molecule has 0 aromatic carbocycles. The summed E-state index contributed by atoms with van der Waals surface area (Å²) < 4.78 is 13.7. The van der Waals surface area contributed by atoms with E-state index >= 15 is 0 Å². The van der Waals surface area contributed by atoms with Crippen molar-refractivity contribution in [2.45, 2.75) is 0 Å². The molecule has 4 nitrogen and oxygen atoms in total. The van der Waals surface area contributed by atoms with Gasteiger partial charge in [0, 0.05) is 12.2 Å². The summed E-state index contributed by atoms with van der Waals surface area (Å²) in [7, 11) is 0. The monoisotopic (exact) mass is 116 g/mol. The van der Waals surface area contributed by atoms with Crippen LogP contribution < -0.4 is 11.2 Å². The molecule has 0 saturated heterocycles. The molecule has 1 aromatic heterocycles. The molecule has 0 bridgehead atoms. The minimum atomic E-state index is -0.839. The van der Waals surface area contributed by atoms with Gasteiger partial charge in [0.05, 0.1) is 2.74 Å². The minimum absolute atomic E-state index is 0.464. The Kier molecular flexibility index (Phi) is 0.590. The molecule has 0 unspecified atom stereocenters. The van der Waals surface area contributed by atoms with Crippen LogP contribution in [0.2, 0.25) is 0 Å². The molecule has 0 fully saturated rings. The molecule has 0 saturated carbocycles. The summed E-state index contributed by atoms with van der Waals surface area (Å²) in [6.45, 7) is 0. The van der Waals surface area contributed by atoms with E-state index < -0.39 is 23.5 Å². The summed E-state index contributed by atoms with van der Waals surface area (Å²) in [5, 5.41) is 0. The van der Waals surface area contributed by atoms with Gasteiger partial charge in [-0.2, -0.15) is 0 Å². The van der Waals surface area contributed by atoms with E-state index in [0.29, 0.717) is 0 Å². The largest absolute Gasteiger partial charge is 0.325 e. The molecule has 0 aliphatic heterocycles. The predicted molar refractivity (Wildman–Crippen MR) is 27.7 cm³/mol. The van der Waals surface area contributed by atoms with Crippen LogP contribution in [-0.2, 0) is 0 Å². The minimum Gasteiger partial charge on any atom is -0.314 e. The third-order valence-corrected chi connectivity index (χ3v) is 0.579. The highest BCUT2D eigenvalue weighted by molar-refractivity contribution is 4.77. The molecule has 0 aliphatic rings. The lowest BCUT2D eigenvalue weighted by atomic mass is 10.7. The Morgan fingerprint density at radius 2 is 2.38 bits per heavy atom. The molecule has 0 aliphatic carbocycles. The molecule has 2 N–H and O–H groups in total. The van der Waals surface area contributed by atoms with Crippen LogP contribution in [0.5, 0.6) is 0 Å². The van der Waals surface area contributed by atoms with Crippen molar-refractivity contribution < 1.29 is 2.74 Å². The van der Waals surface area contributed by atoms with E-state index in [4.69, 9.17) is 2.74 Å². The summed E-state index contributed by atoms with van der Waals surface area (Å²) in [6, 6.07) is -0.528. The quantitative estimate of drug-likeness (QED) is 0.459. The van der Waals surface area contributed by atoms with E-state index in [1.807, 2.05) is 4.98 Å². The number of hydrogen-bond donors (Lipinski definition) is 2. The van der Waals surface area contributed by atoms with Crippen molar-refractivity contribution in [3.8, 4) is 0 Å². The maximum absolute atomic E-state index is 10.5. The predicted octanol–water partition coefficient (Wildman–Crippen LogP) is -0.937. The van der Waals surface area contributed by atoms with Gasteiger partial charge in [-0.1, -0.05) is 0 Å². The smallest absolute Gasteiger partial charge is 0.314 e. The van der Waals surface area contributed by atoms with Crippen LogP contribution in [0.1, 0.15) is 2.74 Å². The summed E-state index contributed by atoms with van der Waals surface area (Å²) in [5.74, 6) is 0. The molecule has 0 spiro atoms. The van der Waals surface area contributed by atoms with Gasteiger partial charge in [0.25, 0.3) is 5.56 Å². The molecule has 0 radical (unpaired) electrons.